The highest BCUT2D eigenvalue weighted by Crippen LogP contribution is 2.32. The molecule has 1 aliphatic heterocycles. The second-order valence-corrected chi connectivity index (χ2v) is 8.09. The third-order valence-corrected chi connectivity index (χ3v) is 6.09. The molecular weight excluding hydrogens is 334 g/mol. The van der Waals surface area contributed by atoms with Gasteiger partial charge in [0.25, 0.3) is 0 Å². The van der Waals surface area contributed by atoms with E-state index in [1.807, 2.05) is 0 Å². The molecule has 0 bridgehead atoms. The Labute approximate surface area is 151 Å². The molecule has 1 aromatic carbocycles. The lowest BCUT2D eigenvalue weighted by molar-refractivity contribution is -0.137. The Balaban J connectivity index is 1.64. The van der Waals surface area contributed by atoms with Crippen molar-refractivity contribution in [2.24, 2.45) is 4.99 Å². The summed E-state index contributed by atoms with van der Waals surface area (Å²) in [5.41, 5.74) is 4.52. The molecule has 2 heterocycles. The molecule has 3 N–H and O–H groups in total. The van der Waals surface area contributed by atoms with E-state index in [1.165, 1.54) is 42.3 Å². The van der Waals surface area contributed by atoms with Crippen LogP contribution in [0.1, 0.15) is 43.4 Å². The van der Waals surface area contributed by atoms with E-state index in [0.717, 1.165) is 22.0 Å². The number of rotatable bonds is 5. The van der Waals surface area contributed by atoms with Crippen molar-refractivity contribution < 1.29 is 9.90 Å². The van der Waals surface area contributed by atoms with Crippen molar-refractivity contribution in [2.75, 3.05) is 11.1 Å². The highest BCUT2D eigenvalue weighted by atomic mass is 32.2. The number of aliphatic carboxylic acids is 1. The van der Waals surface area contributed by atoms with Gasteiger partial charge < -0.3 is 15.4 Å². The number of nitrogens with zero attached hydrogens (tertiary/aromatic N) is 1. The quantitative estimate of drug-likeness (QED) is 0.750. The summed E-state index contributed by atoms with van der Waals surface area (Å²) in [6.07, 6.45) is 5.19. The van der Waals surface area contributed by atoms with Gasteiger partial charge in [-0.2, -0.15) is 0 Å². The Morgan fingerprint density at radius 1 is 1.36 bits per heavy atom. The van der Waals surface area contributed by atoms with Crippen LogP contribution in [0.4, 0.5) is 5.69 Å². The maximum atomic E-state index is 10.9. The van der Waals surface area contributed by atoms with Gasteiger partial charge in [-0.15, -0.1) is 11.8 Å². The summed E-state index contributed by atoms with van der Waals surface area (Å²) in [4.78, 5) is 19.0. The van der Waals surface area contributed by atoms with Crippen molar-refractivity contribution >= 4 is 39.4 Å². The molecule has 0 radical (unpaired) electrons. The van der Waals surface area contributed by atoms with E-state index < -0.39 is 5.97 Å². The van der Waals surface area contributed by atoms with Crippen LogP contribution >= 0.6 is 11.8 Å². The van der Waals surface area contributed by atoms with Crippen molar-refractivity contribution in [1.29, 1.82) is 0 Å². The number of hydrogen-bond donors (Lipinski definition) is 3. The first kappa shape index (κ1) is 16.5. The average molecular weight is 357 g/mol. The van der Waals surface area contributed by atoms with Gasteiger partial charge in [0.2, 0.25) is 0 Å². The summed E-state index contributed by atoms with van der Waals surface area (Å²) in [5.74, 6) is -0.0469. The number of fused-ring (bicyclic) bond motifs is 1. The molecule has 1 atom stereocenters. The third-order valence-electron chi connectivity index (χ3n) is 4.94. The number of aromatic nitrogens is 1. The molecule has 0 saturated heterocycles. The normalized spacial score (nSPS) is 21.0. The average Bonchev–Trinajstić information content (AvgIpc) is 3.26. The van der Waals surface area contributed by atoms with E-state index in [-0.39, 0.29) is 12.5 Å². The third kappa shape index (κ3) is 3.54. The fourth-order valence-corrected chi connectivity index (χ4v) is 4.81. The van der Waals surface area contributed by atoms with Gasteiger partial charge >= 0.3 is 5.97 Å². The standard InChI is InChI=1S/C19H23N3O2S/c1-11-6-12-8-16(19-21-14(10-25-19)9-17(23)24)22-18(12)15(7-11)20-13-4-2-3-5-13/h6-8,13-14,20,22H,2-5,9-10H2,1H3,(H,23,24)/t14-/m0/s1. The number of benzene rings is 1. The molecule has 6 heteroatoms. The molecule has 2 aliphatic rings. The number of carboxylic acid groups (broad SMARTS) is 1. The number of aliphatic imine (C=N–C) groups is 1. The summed E-state index contributed by atoms with van der Waals surface area (Å²) in [7, 11) is 0. The topological polar surface area (TPSA) is 77.5 Å². The lowest BCUT2D eigenvalue weighted by Gasteiger charge is -2.15. The van der Waals surface area contributed by atoms with Crippen LogP contribution < -0.4 is 5.32 Å². The van der Waals surface area contributed by atoms with E-state index in [9.17, 15) is 4.79 Å². The molecular formula is C19H23N3O2S. The number of nitrogens with one attached hydrogen (secondary N) is 2. The van der Waals surface area contributed by atoms with Gasteiger partial charge in [-0.25, -0.2) is 0 Å². The number of aryl methyl sites for hydroxylation is 1. The molecule has 5 nitrogen and oxygen atoms in total. The molecule has 0 unspecified atom stereocenters. The molecule has 1 fully saturated rings. The Hall–Kier alpha value is -1.95. The van der Waals surface area contributed by atoms with Gasteiger partial charge in [0.1, 0.15) is 5.04 Å². The van der Waals surface area contributed by atoms with Crippen LogP contribution in [0.3, 0.4) is 0 Å². The van der Waals surface area contributed by atoms with Crippen LogP contribution in [0.25, 0.3) is 10.9 Å². The molecule has 1 saturated carbocycles. The van der Waals surface area contributed by atoms with Crippen LogP contribution in [0.5, 0.6) is 0 Å². The number of aromatic amines is 1. The van der Waals surface area contributed by atoms with Gasteiger partial charge in [-0.3, -0.25) is 9.79 Å². The number of H-pyrrole nitrogens is 1. The van der Waals surface area contributed by atoms with Gasteiger partial charge in [0.05, 0.1) is 29.4 Å². The first-order valence-electron chi connectivity index (χ1n) is 8.91. The highest BCUT2D eigenvalue weighted by Gasteiger charge is 2.23. The van der Waals surface area contributed by atoms with Gasteiger partial charge in [-0.05, 0) is 43.5 Å². The van der Waals surface area contributed by atoms with Gasteiger partial charge in [0.15, 0.2) is 0 Å². The molecule has 4 rings (SSSR count). The van der Waals surface area contributed by atoms with E-state index in [0.29, 0.717) is 6.04 Å². The zero-order valence-electron chi connectivity index (χ0n) is 14.3. The summed E-state index contributed by atoms with van der Waals surface area (Å²) in [6, 6.07) is 6.97. The van der Waals surface area contributed by atoms with E-state index in [4.69, 9.17) is 5.11 Å². The van der Waals surface area contributed by atoms with Crippen LogP contribution in [-0.2, 0) is 4.79 Å². The lowest BCUT2D eigenvalue weighted by atomic mass is 10.1. The molecule has 1 aromatic heterocycles. The maximum Gasteiger partial charge on any atom is 0.305 e. The van der Waals surface area contributed by atoms with Crippen molar-refractivity contribution in [2.45, 2.75) is 51.1 Å². The predicted molar refractivity (Wildman–Crippen MR) is 104 cm³/mol. The fraction of sp³-hybridized carbons (Fsp3) is 0.474. The minimum atomic E-state index is -0.786. The lowest BCUT2D eigenvalue weighted by Crippen LogP contribution is -2.14. The molecule has 25 heavy (non-hydrogen) atoms. The van der Waals surface area contributed by atoms with Crippen molar-refractivity contribution in [1.82, 2.24) is 4.98 Å². The minimum absolute atomic E-state index is 0.102. The van der Waals surface area contributed by atoms with E-state index in [1.54, 1.807) is 11.8 Å². The molecule has 0 spiro atoms. The first-order valence-corrected chi connectivity index (χ1v) is 9.90. The van der Waals surface area contributed by atoms with Crippen LogP contribution in [0.2, 0.25) is 0 Å². The second-order valence-electron chi connectivity index (χ2n) is 7.08. The van der Waals surface area contributed by atoms with E-state index >= 15 is 0 Å². The predicted octanol–water partition coefficient (Wildman–Crippen LogP) is 4.17. The van der Waals surface area contributed by atoms with Gasteiger partial charge in [-0.1, -0.05) is 12.8 Å². The summed E-state index contributed by atoms with van der Waals surface area (Å²) < 4.78 is 0. The maximum absolute atomic E-state index is 10.9. The Morgan fingerprint density at radius 2 is 2.16 bits per heavy atom. The number of carbonyl (C=O) groups is 1. The number of anilines is 1. The number of thioether (sulfide) groups is 1. The van der Waals surface area contributed by atoms with Crippen molar-refractivity contribution in [3.8, 4) is 0 Å². The molecule has 0 amide bonds. The summed E-state index contributed by atoms with van der Waals surface area (Å²) >= 11 is 1.64. The Kier molecular flexibility index (Phi) is 4.46. The monoisotopic (exact) mass is 357 g/mol. The second kappa shape index (κ2) is 6.75. The summed E-state index contributed by atoms with van der Waals surface area (Å²) in [5, 5.41) is 14.8. The van der Waals surface area contributed by atoms with Crippen molar-refractivity contribution in [3.63, 3.8) is 0 Å². The highest BCUT2D eigenvalue weighted by molar-refractivity contribution is 8.14. The van der Waals surface area contributed by atoms with Crippen LogP contribution in [0.15, 0.2) is 23.2 Å². The number of carboxylic acids is 1. The van der Waals surface area contributed by atoms with Crippen LogP contribution in [0, 0.1) is 6.92 Å². The van der Waals surface area contributed by atoms with Crippen LogP contribution in [-0.4, -0.2) is 38.9 Å². The van der Waals surface area contributed by atoms with E-state index in [2.05, 4.69) is 40.4 Å². The Morgan fingerprint density at radius 3 is 2.92 bits per heavy atom. The zero-order chi connectivity index (χ0) is 17.4. The molecule has 132 valence electrons. The SMILES string of the molecule is Cc1cc(NC2CCCC2)c2[nH]c(C3=N[C@@H](CC(=O)O)CS3)cc2c1. The number of hydrogen-bond acceptors (Lipinski definition) is 4. The molecule has 2 aromatic rings. The zero-order valence-corrected chi connectivity index (χ0v) is 15.2. The largest absolute Gasteiger partial charge is 0.481 e. The molecule has 1 aliphatic carbocycles. The first-order chi connectivity index (χ1) is 12.1. The smallest absolute Gasteiger partial charge is 0.305 e. The van der Waals surface area contributed by atoms with Gasteiger partial charge in [0, 0.05) is 17.2 Å². The van der Waals surface area contributed by atoms with Crippen molar-refractivity contribution in [3.05, 3.63) is 29.5 Å². The minimum Gasteiger partial charge on any atom is -0.481 e. The summed E-state index contributed by atoms with van der Waals surface area (Å²) in [6.45, 7) is 2.12. The Bertz CT molecular complexity index is 837. The fourth-order valence-electron chi connectivity index (χ4n) is 3.78.